The van der Waals surface area contributed by atoms with Crippen molar-refractivity contribution in [3.8, 4) is 0 Å². The van der Waals surface area contributed by atoms with Crippen LogP contribution in [0.15, 0.2) is 53.3 Å². The van der Waals surface area contributed by atoms with Gasteiger partial charge in [-0.1, -0.05) is 13.0 Å². The molecule has 0 radical (unpaired) electrons. The van der Waals surface area contributed by atoms with Crippen LogP contribution in [0.4, 0.5) is 5.69 Å². The van der Waals surface area contributed by atoms with E-state index < -0.39 is 0 Å². The molecule has 1 aliphatic heterocycles. The normalized spacial score (nSPS) is 15.3. The zero-order chi connectivity index (χ0) is 17.2. The Morgan fingerprint density at radius 3 is 3.00 bits per heavy atom. The van der Waals surface area contributed by atoms with Gasteiger partial charge in [-0.15, -0.1) is 0 Å². The maximum Gasteiger partial charge on any atom is 0.291 e. The van der Waals surface area contributed by atoms with Crippen molar-refractivity contribution in [3.63, 3.8) is 0 Å². The van der Waals surface area contributed by atoms with Crippen molar-refractivity contribution in [3.05, 3.63) is 60.2 Å². The number of carbonyl (C=O) groups excluding carboxylic acids is 1. The number of nitrogens with zero attached hydrogens (tertiary/aromatic N) is 1. The number of hydrogen-bond donors (Lipinski definition) is 2. The highest BCUT2D eigenvalue weighted by Crippen LogP contribution is 2.31. The van der Waals surface area contributed by atoms with Gasteiger partial charge in [0, 0.05) is 41.4 Å². The topological polar surface area (TPSA) is 61.3 Å². The van der Waals surface area contributed by atoms with Gasteiger partial charge in [0.15, 0.2) is 5.76 Å². The largest absolute Gasteiger partial charge is 0.459 e. The molecule has 3 heterocycles. The third kappa shape index (κ3) is 3.10. The summed E-state index contributed by atoms with van der Waals surface area (Å²) in [4.78, 5) is 17.9. The highest BCUT2D eigenvalue weighted by Gasteiger charge is 2.15. The first-order valence-corrected chi connectivity index (χ1v) is 8.62. The van der Waals surface area contributed by atoms with Gasteiger partial charge in [-0.3, -0.25) is 9.69 Å². The Balaban J connectivity index is 1.62. The Morgan fingerprint density at radius 2 is 2.28 bits per heavy atom. The first kappa shape index (κ1) is 15.7. The van der Waals surface area contributed by atoms with Crippen molar-refractivity contribution in [1.82, 2.24) is 9.88 Å². The molecule has 0 unspecified atom stereocenters. The second-order valence-electron chi connectivity index (χ2n) is 6.27. The number of furan rings is 1. The van der Waals surface area contributed by atoms with Crippen LogP contribution in [0.5, 0.6) is 0 Å². The van der Waals surface area contributed by atoms with Gasteiger partial charge in [0.1, 0.15) is 0 Å². The number of H-pyrrole nitrogens is 1. The first-order chi connectivity index (χ1) is 12.2. The van der Waals surface area contributed by atoms with Crippen molar-refractivity contribution < 1.29 is 9.21 Å². The molecule has 0 saturated heterocycles. The van der Waals surface area contributed by atoms with Crippen molar-refractivity contribution in [2.24, 2.45) is 0 Å². The van der Waals surface area contributed by atoms with Gasteiger partial charge in [0.2, 0.25) is 0 Å². The minimum atomic E-state index is -0.239. The van der Waals surface area contributed by atoms with E-state index in [0.29, 0.717) is 5.76 Å². The fourth-order valence-corrected chi connectivity index (χ4v) is 3.31. The molecule has 0 spiro atoms. The minimum absolute atomic E-state index is 0.239. The van der Waals surface area contributed by atoms with Gasteiger partial charge in [-0.25, -0.2) is 0 Å². The summed E-state index contributed by atoms with van der Waals surface area (Å²) in [5.41, 5.74) is 4.43. The zero-order valence-electron chi connectivity index (χ0n) is 14.2. The molecule has 5 heteroatoms. The molecule has 3 aromatic rings. The molecule has 4 rings (SSSR count). The summed E-state index contributed by atoms with van der Waals surface area (Å²) in [7, 11) is 0. The average molecular weight is 335 g/mol. The number of hydrogen-bond acceptors (Lipinski definition) is 3. The number of aromatic nitrogens is 1. The maximum atomic E-state index is 12.2. The van der Waals surface area contributed by atoms with Gasteiger partial charge in [0.25, 0.3) is 5.91 Å². The summed E-state index contributed by atoms with van der Waals surface area (Å²) >= 11 is 0. The van der Waals surface area contributed by atoms with Crippen molar-refractivity contribution >= 4 is 28.1 Å². The van der Waals surface area contributed by atoms with E-state index in [0.717, 1.165) is 42.6 Å². The lowest BCUT2D eigenvalue weighted by molar-refractivity contribution is 0.0996. The van der Waals surface area contributed by atoms with E-state index in [-0.39, 0.29) is 5.91 Å². The predicted octanol–water partition coefficient (Wildman–Crippen LogP) is 4.12. The highest BCUT2D eigenvalue weighted by atomic mass is 16.3. The Morgan fingerprint density at radius 1 is 1.36 bits per heavy atom. The molecular formula is C20H21N3O2. The summed E-state index contributed by atoms with van der Waals surface area (Å²) in [6.45, 7) is 5.36. The molecule has 1 aliphatic rings. The van der Waals surface area contributed by atoms with E-state index in [1.54, 1.807) is 12.1 Å². The quantitative estimate of drug-likeness (QED) is 0.754. The summed E-state index contributed by atoms with van der Waals surface area (Å²) in [6.07, 6.45) is 6.92. The smallest absolute Gasteiger partial charge is 0.291 e. The van der Waals surface area contributed by atoms with Crippen LogP contribution in [0, 0.1) is 0 Å². The molecule has 0 atom stereocenters. The zero-order valence-corrected chi connectivity index (χ0v) is 14.2. The Hall–Kier alpha value is -2.79. The van der Waals surface area contributed by atoms with Gasteiger partial charge >= 0.3 is 0 Å². The fraction of sp³-hybridized carbons (Fsp3) is 0.250. The van der Waals surface area contributed by atoms with Crippen LogP contribution < -0.4 is 5.32 Å². The molecule has 1 amide bonds. The first-order valence-electron chi connectivity index (χ1n) is 8.62. The summed E-state index contributed by atoms with van der Waals surface area (Å²) in [6, 6.07) is 9.28. The Bertz CT molecular complexity index is 922. The molecule has 2 aromatic heterocycles. The number of carbonyl (C=O) groups is 1. The second-order valence-corrected chi connectivity index (χ2v) is 6.27. The Labute approximate surface area is 146 Å². The molecule has 25 heavy (non-hydrogen) atoms. The number of amides is 1. The molecule has 0 aliphatic carbocycles. The summed E-state index contributed by atoms with van der Waals surface area (Å²) in [5.74, 6) is 0.0703. The average Bonchev–Trinajstić information content (AvgIpc) is 3.31. The molecular weight excluding hydrogens is 314 g/mol. The van der Waals surface area contributed by atoms with Crippen molar-refractivity contribution in [1.29, 1.82) is 0 Å². The lowest BCUT2D eigenvalue weighted by atomic mass is 9.98. The van der Waals surface area contributed by atoms with E-state index in [1.807, 2.05) is 18.2 Å². The SMILES string of the molecule is CCN1CC=C(c2c[nH]c3ccc(NC(=O)c4ccco4)cc23)CC1. The highest BCUT2D eigenvalue weighted by molar-refractivity contribution is 6.04. The molecule has 1 aromatic carbocycles. The van der Waals surface area contributed by atoms with Gasteiger partial charge in [0.05, 0.1) is 6.26 Å². The molecule has 0 fully saturated rings. The van der Waals surface area contributed by atoms with Crippen LogP contribution in [0.2, 0.25) is 0 Å². The van der Waals surface area contributed by atoms with Crippen molar-refractivity contribution in [2.75, 3.05) is 25.0 Å². The predicted molar refractivity (Wildman–Crippen MR) is 99.7 cm³/mol. The van der Waals surface area contributed by atoms with Crippen LogP contribution in [-0.2, 0) is 0 Å². The van der Waals surface area contributed by atoms with Gasteiger partial charge in [-0.05, 0) is 48.9 Å². The van der Waals surface area contributed by atoms with Gasteiger partial charge < -0.3 is 14.7 Å². The van der Waals surface area contributed by atoms with Crippen LogP contribution >= 0.6 is 0 Å². The number of anilines is 1. The van der Waals surface area contributed by atoms with E-state index in [2.05, 4.69) is 34.4 Å². The molecule has 0 bridgehead atoms. The summed E-state index contributed by atoms with van der Waals surface area (Å²) in [5, 5.41) is 4.03. The number of fused-ring (bicyclic) bond motifs is 1. The molecule has 128 valence electrons. The van der Waals surface area contributed by atoms with E-state index >= 15 is 0 Å². The third-order valence-corrected chi connectivity index (χ3v) is 4.77. The maximum absolute atomic E-state index is 12.2. The number of rotatable bonds is 4. The van der Waals surface area contributed by atoms with E-state index in [1.165, 1.54) is 17.4 Å². The monoisotopic (exact) mass is 335 g/mol. The standard InChI is InChI=1S/C20H21N3O2/c1-2-23-9-7-14(8-10-23)17-13-21-18-6-5-15(12-16(17)18)22-20(24)19-4-3-11-25-19/h3-7,11-13,21H,2,8-10H2,1H3,(H,22,24). The molecule has 0 saturated carbocycles. The molecule has 2 N–H and O–H groups in total. The van der Waals surface area contributed by atoms with Crippen LogP contribution in [0.25, 0.3) is 16.5 Å². The third-order valence-electron chi connectivity index (χ3n) is 4.77. The van der Waals surface area contributed by atoms with E-state index in [4.69, 9.17) is 4.42 Å². The lowest BCUT2D eigenvalue weighted by Crippen LogP contribution is -2.27. The minimum Gasteiger partial charge on any atom is -0.459 e. The van der Waals surface area contributed by atoms with Gasteiger partial charge in [-0.2, -0.15) is 0 Å². The lowest BCUT2D eigenvalue weighted by Gasteiger charge is -2.24. The van der Waals surface area contributed by atoms with Crippen LogP contribution in [0.1, 0.15) is 29.5 Å². The number of aromatic amines is 1. The number of benzene rings is 1. The second kappa shape index (κ2) is 6.61. The number of likely N-dealkylation sites (N-methyl/N-ethyl adjacent to an activating group) is 1. The van der Waals surface area contributed by atoms with Crippen LogP contribution in [-0.4, -0.2) is 35.4 Å². The number of nitrogens with one attached hydrogen (secondary N) is 2. The fourth-order valence-electron chi connectivity index (χ4n) is 3.31. The van der Waals surface area contributed by atoms with Crippen molar-refractivity contribution in [2.45, 2.75) is 13.3 Å². The van der Waals surface area contributed by atoms with E-state index in [9.17, 15) is 4.79 Å². The van der Waals surface area contributed by atoms with Crippen LogP contribution in [0.3, 0.4) is 0 Å². The summed E-state index contributed by atoms with van der Waals surface area (Å²) < 4.78 is 5.15. The Kier molecular flexibility index (Phi) is 4.15. The molecule has 5 nitrogen and oxygen atoms in total.